The van der Waals surface area contributed by atoms with Crippen molar-refractivity contribution < 1.29 is 14.9 Å². The van der Waals surface area contributed by atoms with Gasteiger partial charge in [-0.3, -0.25) is 0 Å². The lowest BCUT2D eigenvalue weighted by Gasteiger charge is -2.13. The molecule has 0 saturated heterocycles. The first-order valence-electron chi connectivity index (χ1n) is 4.15. The lowest BCUT2D eigenvalue weighted by atomic mass is 10.1. The molecule has 0 heterocycles. The van der Waals surface area contributed by atoms with Gasteiger partial charge in [0.2, 0.25) is 0 Å². The predicted molar refractivity (Wildman–Crippen MR) is 49.6 cm³/mol. The number of hydrogen-bond acceptors (Lipinski definition) is 3. The van der Waals surface area contributed by atoms with Crippen LogP contribution in [0, 0.1) is 0 Å². The molecule has 2 N–H and O–H groups in total. The molecule has 0 fully saturated rings. The van der Waals surface area contributed by atoms with Gasteiger partial charge < -0.3 is 14.9 Å². The van der Waals surface area contributed by atoms with Gasteiger partial charge >= 0.3 is 0 Å². The van der Waals surface area contributed by atoms with Gasteiger partial charge in [0, 0.05) is 0 Å². The molecule has 0 spiro atoms. The van der Waals surface area contributed by atoms with Crippen LogP contribution in [0.1, 0.15) is 18.6 Å². The first kappa shape index (κ1) is 10.0. The second kappa shape index (κ2) is 4.25. The van der Waals surface area contributed by atoms with Gasteiger partial charge in [0.15, 0.2) is 0 Å². The number of benzene rings is 1. The summed E-state index contributed by atoms with van der Waals surface area (Å²) in [5.41, 5.74) is 0.691. The van der Waals surface area contributed by atoms with Crippen molar-refractivity contribution in [3.05, 3.63) is 29.8 Å². The number of rotatable bonds is 3. The van der Waals surface area contributed by atoms with Crippen molar-refractivity contribution in [3.8, 4) is 5.75 Å². The van der Waals surface area contributed by atoms with Crippen LogP contribution < -0.4 is 4.74 Å². The van der Waals surface area contributed by atoms with E-state index in [4.69, 9.17) is 9.84 Å². The third kappa shape index (κ3) is 2.44. The number of ether oxygens (including phenoxy) is 1. The van der Waals surface area contributed by atoms with Gasteiger partial charge in [-0.2, -0.15) is 0 Å². The molecule has 0 saturated carbocycles. The fourth-order valence-electron chi connectivity index (χ4n) is 1.08. The molecule has 1 aromatic rings. The van der Waals surface area contributed by atoms with Gasteiger partial charge in [-0.25, -0.2) is 0 Å². The normalized spacial score (nSPS) is 15.1. The Morgan fingerprint density at radius 2 is 1.69 bits per heavy atom. The molecule has 0 aliphatic rings. The lowest BCUT2D eigenvalue weighted by molar-refractivity contribution is 0.0305. The topological polar surface area (TPSA) is 49.7 Å². The van der Waals surface area contributed by atoms with Crippen molar-refractivity contribution in [3.63, 3.8) is 0 Å². The highest BCUT2D eigenvalue weighted by atomic mass is 16.5. The number of aliphatic hydroxyl groups excluding tert-OH is 2. The Kier molecular flexibility index (Phi) is 3.28. The van der Waals surface area contributed by atoms with Gasteiger partial charge in [-0.1, -0.05) is 12.1 Å². The number of methoxy groups -OCH3 is 1. The summed E-state index contributed by atoms with van der Waals surface area (Å²) >= 11 is 0. The second-order valence-corrected chi connectivity index (χ2v) is 2.96. The minimum atomic E-state index is -0.828. The van der Waals surface area contributed by atoms with E-state index in [1.54, 1.807) is 38.3 Å². The van der Waals surface area contributed by atoms with Crippen LogP contribution in [0.2, 0.25) is 0 Å². The van der Waals surface area contributed by atoms with E-state index in [-0.39, 0.29) is 0 Å². The van der Waals surface area contributed by atoms with Gasteiger partial charge in [0.25, 0.3) is 0 Å². The van der Waals surface area contributed by atoms with Crippen molar-refractivity contribution in [2.24, 2.45) is 0 Å². The summed E-state index contributed by atoms with van der Waals surface area (Å²) in [4.78, 5) is 0. The summed E-state index contributed by atoms with van der Waals surface area (Å²) in [5.74, 6) is 0.738. The summed E-state index contributed by atoms with van der Waals surface area (Å²) in [6.45, 7) is 1.55. The molecular formula is C10H14O3. The molecular weight excluding hydrogens is 168 g/mol. The zero-order valence-corrected chi connectivity index (χ0v) is 7.77. The highest BCUT2D eigenvalue weighted by molar-refractivity contribution is 5.28. The predicted octanol–water partition coefficient (Wildman–Crippen LogP) is 1.11. The molecule has 0 aliphatic carbocycles. The van der Waals surface area contributed by atoms with E-state index in [0.29, 0.717) is 5.56 Å². The van der Waals surface area contributed by atoms with Crippen molar-refractivity contribution in [2.45, 2.75) is 19.1 Å². The maximum Gasteiger partial charge on any atom is 0.118 e. The van der Waals surface area contributed by atoms with E-state index in [2.05, 4.69) is 0 Å². The summed E-state index contributed by atoms with van der Waals surface area (Å²) in [6.07, 6.45) is -1.58. The molecule has 3 heteroatoms. The molecule has 13 heavy (non-hydrogen) atoms. The fourth-order valence-corrected chi connectivity index (χ4v) is 1.08. The Morgan fingerprint density at radius 3 is 2.08 bits per heavy atom. The molecule has 0 amide bonds. The van der Waals surface area contributed by atoms with E-state index >= 15 is 0 Å². The first-order chi connectivity index (χ1) is 6.15. The smallest absolute Gasteiger partial charge is 0.118 e. The average Bonchev–Trinajstić information content (AvgIpc) is 2.17. The zero-order chi connectivity index (χ0) is 9.84. The third-order valence-electron chi connectivity index (χ3n) is 1.91. The molecule has 72 valence electrons. The number of hydrogen-bond donors (Lipinski definition) is 2. The molecule has 2 atom stereocenters. The van der Waals surface area contributed by atoms with E-state index in [0.717, 1.165) is 5.75 Å². The molecule has 0 unspecified atom stereocenters. The van der Waals surface area contributed by atoms with E-state index in [1.807, 2.05) is 0 Å². The van der Waals surface area contributed by atoms with Crippen LogP contribution in [0.15, 0.2) is 24.3 Å². The summed E-state index contributed by atoms with van der Waals surface area (Å²) in [5, 5.41) is 18.6. The second-order valence-electron chi connectivity index (χ2n) is 2.96. The van der Waals surface area contributed by atoms with Gasteiger partial charge in [0.1, 0.15) is 11.9 Å². The average molecular weight is 182 g/mol. The fraction of sp³-hybridized carbons (Fsp3) is 0.400. The van der Waals surface area contributed by atoms with E-state index in [1.165, 1.54) is 0 Å². The van der Waals surface area contributed by atoms with Gasteiger partial charge in [-0.15, -0.1) is 0 Å². The molecule has 1 rings (SSSR count). The van der Waals surface area contributed by atoms with Crippen LogP contribution in [0.4, 0.5) is 0 Å². The molecule has 1 aromatic carbocycles. The molecule has 3 nitrogen and oxygen atoms in total. The molecule has 0 radical (unpaired) electrons. The van der Waals surface area contributed by atoms with Crippen molar-refractivity contribution in [2.75, 3.05) is 7.11 Å². The Bertz CT molecular complexity index is 253. The Balaban J connectivity index is 2.79. The van der Waals surface area contributed by atoms with Gasteiger partial charge in [-0.05, 0) is 24.6 Å². The van der Waals surface area contributed by atoms with Crippen molar-refractivity contribution >= 4 is 0 Å². The highest BCUT2D eigenvalue weighted by Gasteiger charge is 2.12. The zero-order valence-electron chi connectivity index (χ0n) is 7.77. The molecule has 0 aromatic heterocycles. The van der Waals surface area contributed by atoms with Crippen LogP contribution in [0.5, 0.6) is 5.75 Å². The summed E-state index contributed by atoms with van der Waals surface area (Å²) in [6, 6.07) is 6.97. The van der Waals surface area contributed by atoms with E-state index in [9.17, 15) is 5.11 Å². The third-order valence-corrected chi connectivity index (χ3v) is 1.91. The van der Waals surface area contributed by atoms with Crippen LogP contribution in [-0.4, -0.2) is 23.4 Å². The van der Waals surface area contributed by atoms with Crippen LogP contribution in [0.25, 0.3) is 0 Å². The van der Waals surface area contributed by atoms with Gasteiger partial charge in [0.05, 0.1) is 13.2 Å². The highest BCUT2D eigenvalue weighted by Crippen LogP contribution is 2.19. The Morgan fingerprint density at radius 1 is 1.15 bits per heavy atom. The largest absolute Gasteiger partial charge is 0.497 e. The standard InChI is InChI=1S/C10H14O3/c1-7(11)10(12)8-3-5-9(13-2)6-4-8/h3-7,10-12H,1-2H3/t7-,10+/m1/s1. The molecule has 0 aliphatic heterocycles. The minimum absolute atomic E-state index is 0.691. The van der Waals surface area contributed by atoms with E-state index < -0.39 is 12.2 Å². The van der Waals surface area contributed by atoms with Crippen molar-refractivity contribution in [1.82, 2.24) is 0 Å². The Hall–Kier alpha value is -1.06. The maximum atomic E-state index is 9.47. The maximum absolute atomic E-state index is 9.47. The Labute approximate surface area is 77.6 Å². The SMILES string of the molecule is COc1ccc([C@@H](O)[C@@H](C)O)cc1. The van der Waals surface area contributed by atoms with Crippen LogP contribution in [-0.2, 0) is 0 Å². The van der Waals surface area contributed by atoms with Crippen molar-refractivity contribution in [1.29, 1.82) is 0 Å². The van der Waals surface area contributed by atoms with Crippen LogP contribution >= 0.6 is 0 Å². The minimum Gasteiger partial charge on any atom is -0.497 e. The summed E-state index contributed by atoms with van der Waals surface area (Å²) in [7, 11) is 1.58. The molecule has 0 bridgehead atoms. The quantitative estimate of drug-likeness (QED) is 0.736. The monoisotopic (exact) mass is 182 g/mol. The lowest BCUT2D eigenvalue weighted by Crippen LogP contribution is -2.13. The summed E-state index contributed by atoms with van der Waals surface area (Å²) < 4.78 is 4.97. The number of aliphatic hydroxyl groups is 2. The van der Waals surface area contributed by atoms with Crippen LogP contribution in [0.3, 0.4) is 0 Å². The first-order valence-corrected chi connectivity index (χ1v) is 4.15.